The van der Waals surface area contributed by atoms with Crippen LogP contribution < -0.4 is 9.64 Å². The normalized spacial score (nSPS) is 23.8. The lowest BCUT2D eigenvalue weighted by atomic mass is 10.1. The molecular weight excluding hydrogens is 252 g/mol. The topological polar surface area (TPSA) is 51.1 Å². The van der Waals surface area contributed by atoms with Crippen LogP contribution in [0.15, 0.2) is 0 Å². The molecule has 100 valence electrons. The number of anilines is 1. The summed E-state index contributed by atoms with van der Waals surface area (Å²) in [7, 11) is 0. The lowest BCUT2D eigenvalue weighted by molar-refractivity contribution is 0.221. The van der Waals surface area contributed by atoms with Crippen molar-refractivity contribution in [2.45, 2.75) is 46.3 Å². The van der Waals surface area contributed by atoms with Crippen molar-refractivity contribution in [3.05, 3.63) is 5.28 Å². The Morgan fingerprint density at radius 1 is 1.28 bits per heavy atom. The third-order valence-electron chi connectivity index (χ3n) is 2.96. The fourth-order valence-corrected chi connectivity index (χ4v) is 2.44. The molecule has 2 rings (SSSR count). The SMILES string of the molecule is CC1CC(C)N(c2nc(Cl)nc(OC(C)C)n2)C1. The van der Waals surface area contributed by atoms with Crippen molar-refractivity contribution in [1.82, 2.24) is 15.0 Å². The van der Waals surface area contributed by atoms with Gasteiger partial charge in [-0.15, -0.1) is 0 Å². The number of aromatic nitrogens is 3. The fourth-order valence-electron chi connectivity index (χ4n) is 2.29. The van der Waals surface area contributed by atoms with Crippen molar-refractivity contribution >= 4 is 17.5 Å². The maximum Gasteiger partial charge on any atom is 0.322 e. The minimum atomic E-state index is 0.0197. The van der Waals surface area contributed by atoms with Gasteiger partial charge in [-0.05, 0) is 44.7 Å². The van der Waals surface area contributed by atoms with E-state index in [-0.39, 0.29) is 11.4 Å². The maximum absolute atomic E-state index is 5.93. The van der Waals surface area contributed by atoms with Crippen LogP contribution >= 0.6 is 11.6 Å². The highest BCUT2D eigenvalue weighted by molar-refractivity contribution is 6.28. The molecule has 1 aromatic heterocycles. The molecule has 0 spiro atoms. The monoisotopic (exact) mass is 270 g/mol. The second-order valence-electron chi connectivity index (χ2n) is 5.20. The van der Waals surface area contributed by atoms with Gasteiger partial charge in [0.05, 0.1) is 6.10 Å². The van der Waals surface area contributed by atoms with Crippen molar-refractivity contribution in [3.8, 4) is 6.01 Å². The van der Waals surface area contributed by atoms with Crippen molar-refractivity contribution in [3.63, 3.8) is 0 Å². The van der Waals surface area contributed by atoms with Gasteiger partial charge >= 0.3 is 6.01 Å². The zero-order valence-electron chi connectivity index (χ0n) is 11.2. The van der Waals surface area contributed by atoms with E-state index in [2.05, 4.69) is 33.7 Å². The van der Waals surface area contributed by atoms with Crippen LogP contribution in [0.1, 0.15) is 34.1 Å². The molecule has 0 saturated carbocycles. The minimum absolute atomic E-state index is 0.0197. The highest BCUT2D eigenvalue weighted by Crippen LogP contribution is 2.27. The predicted octanol–water partition coefficient (Wildman–Crippen LogP) is 2.55. The molecule has 18 heavy (non-hydrogen) atoms. The first-order valence-electron chi connectivity index (χ1n) is 6.30. The first-order valence-corrected chi connectivity index (χ1v) is 6.68. The summed E-state index contributed by atoms with van der Waals surface area (Å²) in [5, 5.41) is 0.183. The second-order valence-corrected chi connectivity index (χ2v) is 5.53. The van der Waals surface area contributed by atoms with Crippen LogP contribution in [-0.4, -0.2) is 33.6 Å². The molecule has 2 unspecified atom stereocenters. The molecule has 1 fully saturated rings. The molecule has 0 N–H and O–H groups in total. The molecule has 1 aliphatic heterocycles. The van der Waals surface area contributed by atoms with Crippen LogP contribution in [0.5, 0.6) is 6.01 Å². The molecule has 1 saturated heterocycles. The van der Waals surface area contributed by atoms with E-state index in [4.69, 9.17) is 16.3 Å². The zero-order valence-corrected chi connectivity index (χ0v) is 12.0. The van der Waals surface area contributed by atoms with Crippen molar-refractivity contribution < 1.29 is 4.74 Å². The van der Waals surface area contributed by atoms with Crippen LogP contribution in [-0.2, 0) is 0 Å². The van der Waals surface area contributed by atoms with Gasteiger partial charge in [-0.1, -0.05) is 6.92 Å². The van der Waals surface area contributed by atoms with Gasteiger partial charge in [0.15, 0.2) is 0 Å². The molecule has 0 bridgehead atoms. The summed E-state index contributed by atoms with van der Waals surface area (Å²) < 4.78 is 5.48. The van der Waals surface area contributed by atoms with Crippen LogP contribution in [0.25, 0.3) is 0 Å². The average molecular weight is 271 g/mol. The molecule has 1 aliphatic rings. The summed E-state index contributed by atoms with van der Waals surface area (Å²) in [6, 6.07) is 0.720. The summed E-state index contributed by atoms with van der Waals surface area (Å²) in [5.41, 5.74) is 0. The van der Waals surface area contributed by atoms with E-state index in [9.17, 15) is 0 Å². The van der Waals surface area contributed by atoms with Gasteiger partial charge in [-0.2, -0.15) is 15.0 Å². The molecule has 0 amide bonds. The molecule has 2 heterocycles. The Labute approximate surface area is 113 Å². The summed E-state index contributed by atoms with van der Waals surface area (Å²) in [6.45, 7) is 9.20. The van der Waals surface area contributed by atoms with E-state index in [1.54, 1.807) is 0 Å². The molecule has 0 radical (unpaired) electrons. The van der Waals surface area contributed by atoms with Gasteiger partial charge in [0.25, 0.3) is 0 Å². The second kappa shape index (κ2) is 5.26. The Balaban J connectivity index is 2.25. The quantitative estimate of drug-likeness (QED) is 0.845. The number of hydrogen-bond acceptors (Lipinski definition) is 5. The summed E-state index contributed by atoms with van der Waals surface area (Å²) >= 11 is 5.93. The van der Waals surface area contributed by atoms with E-state index in [0.29, 0.717) is 23.9 Å². The van der Waals surface area contributed by atoms with Crippen molar-refractivity contribution in [2.24, 2.45) is 5.92 Å². The summed E-state index contributed by atoms with van der Waals surface area (Å²) in [5.74, 6) is 1.26. The van der Waals surface area contributed by atoms with Crippen LogP contribution in [0.3, 0.4) is 0 Å². The van der Waals surface area contributed by atoms with Gasteiger partial charge in [-0.25, -0.2) is 0 Å². The Morgan fingerprint density at radius 2 is 2.00 bits per heavy atom. The maximum atomic E-state index is 5.93. The standard InChI is InChI=1S/C12H19ClN4O/c1-7(2)18-12-15-10(13)14-11(16-12)17-6-8(3)5-9(17)4/h7-9H,5-6H2,1-4H3. The van der Waals surface area contributed by atoms with Crippen molar-refractivity contribution in [2.75, 3.05) is 11.4 Å². The summed E-state index contributed by atoms with van der Waals surface area (Å²) in [6.07, 6.45) is 1.16. The smallest absolute Gasteiger partial charge is 0.322 e. The van der Waals surface area contributed by atoms with Gasteiger partial charge in [0.1, 0.15) is 0 Å². The Bertz CT molecular complexity index is 427. The Morgan fingerprint density at radius 3 is 2.56 bits per heavy atom. The van der Waals surface area contributed by atoms with Crippen LogP contribution in [0.2, 0.25) is 5.28 Å². The number of hydrogen-bond donors (Lipinski definition) is 0. The highest BCUT2D eigenvalue weighted by Gasteiger charge is 2.28. The Hall–Kier alpha value is -1.10. The highest BCUT2D eigenvalue weighted by atomic mass is 35.5. The minimum Gasteiger partial charge on any atom is -0.461 e. The lowest BCUT2D eigenvalue weighted by Gasteiger charge is -2.21. The van der Waals surface area contributed by atoms with Gasteiger partial charge in [-0.3, -0.25) is 0 Å². The van der Waals surface area contributed by atoms with Gasteiger partial charge in [0.2, 0.25) is 11.2 Å². The fraction of sp³-hybridized carbons (Fsp3) is 0.750. The Kier molecular flexibility index (Phi) is 3.90. The average Bonchev–Trinajstić information content (AvgIpc) is 2.55. The lowest BCUT2D eigenvalue weighted by Crippen LogP contribution is -2.29. The predicted molar refractivity (Wildman–Crippen MR) is 71.2 cm³/mol. The van der Waals surface area contributed by atoms with E-state index >= 15 is 0 Å². The van der Waals surface area contributed by atoms with Crippen LogP contribution in [0.4, 0.5) is 5.95 Å². The third kappa shape index (κ3) is 3.02. The van der Waals surface area contributed by atoms with E-state index in [1.165, 1.54) is 0 Å². The number of ether oxygens (including phenoxy) is 1. The first-order chi connectivity index (χ1) is 8.45. The number of halogens is 1. The molecular formula is C12H19ClN4O. The zero-order chi connectivity index (χ0) is 13.3. The summed E-state index contributed by atoms with van der Waals surface area (Å²) in [4.78, 5) is 14.7. The molecule has 1 aromatic rings. The van der Waals surface area contributed by atoms with Crippen LogP contribution in [0, 0.1) is 5.92 Å². The van der Waals surface area contributed by atoms with Crippen molar-refractivity contribution in [1.29, 1.82) is 0 Å². The van der Waals surface area contributed by atoms with Gasteiger partial charge in [0, 0.05) is 12.6 Å². The molecule has 2 atom stereocenters. The van der Waals surface area contributed by atoms with Gasteiger partial charge < -0.3 is 9.64 Å². The van der Waals surface area contributed by atoms with E-state index in [0.717, 1.165) is 13.0 Å². The number of rotatable bonds is 3. The third-order valence-corrected chi connectivity index (χ3v) is 3.13. The largest absolute Gasteiger partial charge is 0.461 e. The number of nitrogens with zero attached hydrogens (tertiary/aromatic N) is 4. The molecule has 5 nitrogen and oxygen atoms in total. The molecule has 6 heteroatoms. The molecule has 0 aliphatic carbocycles. The van der Waals surface area contributed by atoms with E-state index < -0.39 is 0 Å². The molecule has 0 aromatic carbocycles. The van der Waals surface area contributed by atoms with E-state index in [1.807, 2.05) is 13.8 Å². The first kappa shape index (κ1) is 13.3.